The molecule has 1 N–H and O–H groups in total. The van der Waals surface area contributed by atoms with E-state index in [0.29, 0.717) is 11.7 Å². The van der Waals surface area contributed by atoms with Crippen molar-refractivity contribution in [3.63, 3.8) is 0 Å². The van der Waals surface area contributed by atoms with E-state index in [1.165, 1.54) is 0 Å². The van der Waals surface area contributed by atoms with E-state index in [9.17, 15) is 4.79 Å². The number of likely N-dealkylation sites (N-methyl/N-ethyl adjacent to an activating group) is 1. The van der Waals surface area contributed by atoms with Gasteiger partial charge in [0.05, 0.1) is 6.04 Å². The number of Topliss-reactive ketones (excluding diaryl/α,β-unsaturated/α-hetero) is 1. The van der Waals surface area contributed by atoms with Gasteiger partial charge in [-0.3, -0.25) is 4.79 Å². The summed E-state index contributed by atoms with van der Waals surface area (Å²) in [4.78, 5) is 11.7. The number of ketones is 1. The third-order valence-corrected chi connectivity index (χ3v) is 2.07. The topological polar surface area (TPSA) is 29.1 Å². The largest absolute Gasteiger partial charge is 0.308 e. The van der Waals surface area contributed by atoms with Crippen molar-refractivity contribution in [1.82, 2.24) is 5.32 Å². The highest BCUT2D eigenvalue weighted by Crippen LogP contribution is 2.09. The molecule has 0 aromatic heterocycles. The molecule has 0 aliphatic carbocycles. The van der Waals surface area contributed by atoms with E-state index < -0.39 is 0 Å². The molecule has 1 atom stereocenters. The minimum Gasteiger partial charge on any atom is -0.308 e. The molecule has 0 aromatic rings. The zero-order chi connectivity index (χ0) is 10.4. The standard InChI is InChI=1S/C11H23NO.H2/c1-6-12-10(7-8(2)3)11(13)9(4)5;/h8-10,12H,6-7H2,1-5H3;1H/t10-;/m0./s1. The summed E-state index contributed by atoms with van der Waals surface area (Å²) < 4.78 is 0. The molecule has 0 saturated heterocycles. The summed E-state index contributed by atoms with van der Waals surface area (Å²) in [6.45, 7) is 11.1. The lowest BCUT2D eigenvalue weighted by molar-refractivity contribution is -0.124. The van der Waals surface area contributed by atoms with Crippen LogP contribution in [0.25, 0.3) is 0 Å². The van der Waals surface area contributed by atoms with Crippen molar-refractivity contribution >= 4 is 5.78 Å². The average Bonchev–Trinajstić information content (AvgIpc) is 2.01. The lowest BCUT2D eigenvalue weighted by Crippen LogP contribution is -2.39. The van der Waals surface area contributed by atoms with E-state index >= 15 is 0 Å². The number of rotatable bonds is 6. The van der Waals surface area contributed by atoms with E-state index in [2.05, 4.69) is 19.2 Å². The van der Waals surface area contributed by atoms with Gasteiger partial charge in [0.2, 0.25) is 0 Å². The molecule has 2 nitrogen and oxygen atoms in total. The molecular formula is C11H25NO. The lowest BCUT2D eigenvalue weighted by Gasteiger charge is -2.20. The fourth-order valence-corrected chi connectivity index (χ4v) is 1.42. The zero-order valence-corrected chi connectivity index (χ0v) is 9.55. The predicted octanol–water partition coefficient (Wildman–Crippen LogP) is 2.48. The maximum Gasteiger partial charge on any atom is 0.152 e. The third kappa shape index (κ3) is 5.04. The number of hydrogen-bond donors (Lipinski definition) is 1. The van der Waals surface area contributed by atoms with Gasteiger partial charge in [-0.2, -0.15) is 0 Å². The minimum atomic E-state index is 0. The number of nitrogens with one attached hydrogen (secondary N) is 1. The molecule has 0 amide bonds. The summed E-state index contributed by atoms with van der Waals surface area (Å²) >= 11 is 0. The SMILES string of the molecule is CCN[C@@H](CC(C)C)C(=O)C(C)C.[HH]. The fraction of sp³-hybridized carbons (Fsp3) is 0.909. The van der Waals surface area contributed by atoms with E-state index in [1.807, 2.05) is 20.8 Å². The van der Waals surface area contributed by atoms with Gasteiger partial charge in [0, 0.05) is 7.34 Å². The van der Waals surface area contributed by atoms with Crippen LogP contribution >= 0.6 is 0 Å². The van der Waals surface area contributed by atoms with Crippen LogP contribution in [0.4, 0.5) is 0 Å². The van der Waals surface area contributed by atoms with Gasteiger partial charge in [0.1, 0.15) is 0 Å². The summed E-state index contributed by atoms with van der Waals surface area (Å²) in [6, 6.07) is 0.0602. The van der Waals surface area contributed by atoms with Crippen LogP contribution in [0.1, 0.15) is 42.5 Å². The Labute approximate surface area is 83.6 Å². The van der Waals surface area contributed by atoms with Crippen molar-refractivity contribution in [2.45, 2.75) is 47.1 Å². The summed E-state index contributed by atoms with van der Waals surface area (Å²) in [7, 11) is 0. The van der Waals surface area contributed by atoms with E-state index in [-0.39, 0.29) is 13.4 Å². The Hall–Kier alpha value is -0.370. The highest BCUT2D eigenvalue weighted by atomic mass is 16.1. The first kappa shape index (κ1) is 12.6. The molecule has 0 aromatic carbocycles. The normalized spacial score (nSPS) is 13.8. The predicted molar refractivity (Wildman–Crippen MR) is 58.9 cm³/mol. The van der Waals surface area contributed by atoms with E-state index in [1.54, 1.807) is 0 Å². The van der Waals surface area contributed by atoms with Gasteiger partial charge < -0.3 is 5.32 Å². The quantitative estimate of drug-likeness (QED) is 0.692. The molecule has 0 fully saturated rings. The third-order valence-electron chi connectivity index (χ3n) is 2.07. The van der Waals surface area contributed by atoms with Crippen LogP contribution in [0.5, 0.6) is 0 Å². The average molecular weight is 187 g/mol. The smallest absolute Gasteiger partial charge is 0.152 e. The maximum atomic E-state index is 11.7. The number of hydrogen-bond acceptors (Lipinski definition) is 2. The molecule has 80 valence electrons. The Kier molecular flexibility index (Phi) is 5.97. The maximum absolute atomic E-state index is 11.7. The highest BCUT2D eigenvalue weighted by molar-refractivity contribution is 5.85. The molecule has 0 radical (unpaired) electrons. The van der Waals surface area contributed by atoms with E-state index in [4.69, 9.17) is 0 Å². The second-order valence-electron chi connectivity index (χ2n) is 4.30. The monoisotopic (exact) mass is 187 g/mol. The van der Waals surface area contributed by atoms with Crippen molar-refractivity contribution in [2.24, 2.45) is 11.8 Å². The summed E-state index contributed by atoms with van der Waals surface area (Å²) in [6.07, 6.45) is 0.949. The first-order valence-corrected chi connectivity index (χ1v) is 5.26. The van der Waals surface area contributed by atoms with E-state index in [0.717, 1.165) is 13.0 Å². The van der Waals surface area contributed by atoms with Gasteiger partial charge in [0.25, 0.3) is 0 Å². The molecule has 0 spiro atoms. The van der Waals surface area contributed by atoms with Crippen LogP contribution in [-0.2, 0) is 4.79 Å². The summed E-state index contributed by atoms with van der Waals surface area (Å²) in [5.74, 6) is 1.06. The number of carbonyl (C=O) groups is 1. The van der Waals surface area contributed by atoms with Crippen molar-refractivity contribution < 1.29 is 6.22 Å². The molecule has 0 aliphatic heterocycles. The Bertz CT molecular complexity index is 157. The highest BCUT2D eigenvalue weighted by Gasteiger charge is 2.20. The van der Waals surface area contributed by atoms with Gasteiger partial charge in [0.15, 0.2) is 5.78 Å². The Morgan fingerprint density at radius 1 is 1.31 bits per heavy atom. The first-order chi connectivity index (χ1) is 5.99. The first-order valence-electron chi connectivity index (χ1n) is 5.26. The van der Waals surface area contributed by atoms with Gasteiger partial charge in [-0.1, -0.05) is 34.6 Å². The van der Waals surface area contributed by atoms with Crippen molar-refractivity contribution in [1.29, 1.82) is 0 Å². The summed E-state index contributed by atoms with van der Waals surface area (Å²) in [5.41, 5.74) is 0. The van der Waals surface area contributed by atoms with Gasteiger partial charge in [-0.25, -0.2) is 0 Å². The van der Waals surface area contributed by atoms with Crippen LogP contribution < -0.4 is 5.32 Å². The van der Waals surface area contributed by atoms with Crippen LogP contribution in [-0.4, -0.2) is 18.4 Å². The van der Waals surface area contributed by atoms with Crippen molar-refractivity contribution in [3.05, 3.63) is 0 Å². The molecule has 13 heavy (non-hydrogen) atoms. The molecular weight excluding hydrogens is 162 g/mol. The lowest BCUT2D eigenvalue weighted by atomic mass is 9.94. The second kappa shape index (κ2) is 6.14. The minimum absolute atomic E-state index is 0. The molecule has 0 rings (SSSR count). The molecule has 0 saturated carbocycles. The molecule has 0 bridgehead atoms. The van der Waals surface area contributed by atoms with Gasteiger partial charge in [-0.05, 0) is 18.9 Å². The summed E-state index contributed by atoms with van der Waals surface area (Å²) in [5, 5.41) is 3.25. The molecule has 0 heterocycles. The van der Waals surface area contributed by atoms with Crippen LogP contribution in [0.2, 0.25) is 0 Å². The van der Waals surface area contributed by atoms with Crippen LogP contribution in [0, 0.1) is 11.8 Å². The van der Waals surface area contributed by atoms with Crippen molar-refractivity contribution in [3.8, 4) is 0 Å². The van der Waals surface area contributed by atoms with Gasteiger partial charge >= 0.3 is 0 Å². The Morgan fingerprint density at radius 3 is 2.15 bits per heavy atom. The van der Waals surface area contributed by atoms with Crippen LogP contribution in [0.15, 0.2) is 0 Å². The molecule has 2 heteroatoms. The fourth-order valence-electron chi connectivity index (χ4n) is 1.42. The van der Waals surface area contributed by atoms with Crippen molar-refractivity contribution in [2.75, 3.05) is 6.54 Å². The Balaban J connectivity index is 0. The molecule has 0 unspecified atom stereocenters. The number of carbonyl (C=O) groups excluding carboxylic acids is 1. The second-order valence-corrected chi connectivity index (χ2v) is 4.30. The van der Waals surface area contributed by atoms with Gasteiger partial charge in [-0.15, -0.1) is 0 Å². The molecule has 0 aliphatic rings. The van der Waals surface area contributed by atoms with Crippen LogP contribution in [0.3, 0.4) is 0 Å². The zero-order valence-electron chi connectivity index (χ0n) is 9.55. The Morgan fingerprint density at radius 2 is 1.85 bits per heavy atom.